The van der Waals surface area contributed by atoms with E-state index in [-0.39, 0.29) is 5.41 Å². The molecule has 0 spiro atoms. The van der Waals surface area contributed by atoms with Gasteiger partial charge in [-0.05, 0) is 46.5 Å². The smallest absolute Gasteiger partial charge is 0.236 e. The Kier molecular flexibility index (Phi) is 2.45. The number of aryl methyl sites for hydroxylation is 2. The minimum atomic E-state index is 0.0543. The average Bonchev–Trinajstić information content (AvgIpc) is 2.99. The highest BCUT2D eigenvalue weighted by molar-refractivity contribution is 6.08. The van der Waals surface area contributed by atoms with E-state index < -0.39 is 0 Å². The summed E-state index contributed by atoms with van der Waals surface area (Å²) in [6.45, 7) is 4.68. The van der Waals surface area contributed by atoms with E-state index in [4.69, 9.17) is 0 Å². The van der Waals surface area contributed by atoms with Crippen molar-refractivity contribution in [2.24, 2.45) is 14.1 Å². The Morgan fingerprint density at radius 1 is 0.875 bits per heavy atom. The summed E-state index contributed by atoms with van der Waals surface area (Å²) in [5, 5.41) is 2.66. The van der Waals surface area contributed by atoms with Crippen LogP contribution in [-0.2, 0) is 19.5 Å². The van der Waals surface area contributed by atoms with Gasteiger partial charge in [0.2, 0.25) is 0 Å². The summed E-state index contributed by atoms with van der Waals surface area (Å²) in [7, 11) is 4.29. The van der Waals surface area contributed by atoms with Gasteiger partial charge in [-0.3, -0.25) is 0 Å². The lowest BCUT2D eigenvalue weighted by Gasteiger charge is -2.21. The van der Waals surface area contributed by atoms with Gasteiger partial charge in [0.1, 0.15) is 5.52 Å². The minimum Gasteiger partial charge on any atom is -0.236 e. The predicted molar refractivity (Wildman–Crippen MR) is 99.2 cm³/mol. The maximum absolute atomic E-state index is 2.41. The fourth-order valence-electron chi connectivity index (χ4n) is 4.57. The van der Waals surface area contributed by atoms with Gasteiger partial charge in [-0.15, -0.1) is 0 Å². The lowest BCUT2D eigenvalue weighted by Crippen LogP contribution is -2.29. The zero-order valence-electron chi connectivity index (χ0n) is 14.6. The van der Waals surface area contributed by atoms with Crippen molar-refractivity contribution in [2.75, 3.05) is 0 Å². The third kappa shape index (κ3) is 1.49. The van der Waals surface area contributed by atoms with Gasteiger partial charge in [0.05, 0.1) is 25.7 Å². The Bertz CT molecular complexity index is 1150. The van der Waals surface area contributed by atoms with Crippen molar-refractivity contribution in [1.82, 2.24) is 4.57 Å². The van der Waals surface area contributed by atoms with Crippen LogP contribution in [-0.4, -0.2) is 4.57 Å². The van der Waals surface area contributed by atoms with Crippen LogP contribution < -0.4 is 4.57 Å². The lowest BCUT2D eigenvalue weighted by molar-refractivity contribution is -0.647. The van der Waals surface area contributed by atoms with Crippen molar-refractivity contribution in [3.63, 3.8) is 0 Å². The second-order valence-electron chi connectivity index (χ2n) is 7.50. The second kappa shape index (κ2) is 4.27. The van der Waals surface area contributed by atoms with Crippen molar-refractivity contribution in [3.05, 3.63) is 65.9 Å². The zero-order valence-corrected chi connectivity index (χ0v) is 14.6. The molecule has 0 amide bonds. The first-order chi connectivity index (χ1) is 11.5. The van der Waals surface area contributed by atoms with E-state index in [9.17, 15) is 0 Å². The quantitative estimate of drug-likeness (QED) is 0.424. The molecular weight excluding hydrogens is 292 g/mol. The molecule has 2 aromatic carbocycles. The molecule has 24 heavy (non-hydrogen) atoms. The van der Waals surface area contributed by atoms with Crippen LogP contribution in [0.1, 0.15) is 25.0 Å². The molecule has 1 aliphatic rings. The Hall–Kier alpha value is -2.61. The Labute approximate surface area is 142 Å². The second-order valence-corrected chi connectivity index (χ2v) is 7.50. The van der Waals surface area contributed by atoms with Gasteiger partial charge < -0.3 is 0 Å². The van der Waals surface area contributed by atoms with Crippen molar-refractivity contribution >= 4 is 21.9 Å². The van der Waals surface area contributed by atoms with E-state index in [1.807, 2.05) is 0 Å². The molecule has 0 aliphatic heterocycles. The molecule has 2 aromatic heterocycles. The van der Waals surface area contributed by atoms with Crippen LogP contribution in [0.3, 0.4) is 0 Å². The lowest BCUT2D eigenvalue weighted by atomic mass is 9.82. The fourth-order valence-corrected chi connectivity index (χ4v) is 4.57. The first-order valence-electron chi connectivity index (χ1n) is 8.51. The normalized spacial score (nSPS) is 15.0. The van der Waals surface area contributed by atoms with Crippen molar-refractivity contribution in [1.29, 1.82) is 0 Å². The molecule has 0 fully saturated rings. The van der Waals surface area contributed by atoms with E-state index in [0.29, 0.717) is 0 Å². The number of nitrogens with zero attached hydrogens (tertiary/aromatic N) is 2. The maximum atomic E-state index is 2.41. The largest absolute Gasteiger partial charge is 0.289 e. The van der Waals surface area contributed by atoms with Crippen LogP contribution in [0, 0.1) is 0 Å². The molecule has 0 bridgehead atoms. The predicted octanol–water partition coefficient (Wildman–Crippen LogP) is 4.46. The summed E-state index contributed by atoms with van der Waals surface area (Å²) in [4.78, 5) is 0. The molecule has 0 unspecified atom stereocenters. The molecule has 0 N–H and O–H groups in total. The molecule has 1 aliphatic carbocycles. The maximum Gasteiger partial charge on any atom is 0.289 e. The molecule has 5 rings (SSSR count). The average molecular weight is 313 g/mol. The van der Waals surface area contributed by atoms with E-state index in [1.54, 1.807) is 0 Å². The van der Waals surface area contributed by atoms with Crippen LogP contribution in [0.2, 0.25) is 0 Å². The number of hydrogen-bond acceptors (Lipinski definition) is 0. The standard InChI is InChI=1S/C22H21N2/c1-22(2)18-10-6-5-8-14(18)16-12-17-15-9-7-11-23(3)21(15)24(4)20(17)13-19(16)22/h5-13H,1-4H3/q+1. The van der Waals surface area contributed by atoms with Crippen molar-refractivity contribution in [2.45, 2.75) is 19.3 Å². The van der Waals surface area contributed by atoms with Crippen LogP contribution in [0.4, 0.5) is 0 Å². The third-order valence-corrected chi connectivity index (χ3v) is 5.82. The van der Waals surface area contributed by atoms with Crippen molar-refractivity contribution < 1.29 is 4.57 Å². The highest BCUT2D eigenvalue weighted by Gasteiger charge is 2.36. The molecule has 0 saturated carbocycles. The van der Waals surface area contributed by atoms with Gasteiger partial charge in [0.15, 0.2) is 0 Å². The highest BCUT2D eigenvalue weighted by atomic mass is 15.1. The molecule has 118 valence electrons. The topological polar surface area (TPSA) is 8.81 Å². The van der Waals surface area contributed by atoms with Gasteiger partial charge in [0, 0.05) is 10.8 Å². The number of rotatable bonds is 0. The molecule has 2 heteroatoms. The summed E-state index contributed by atoms with van der Waals surface area (Å²) < 4.78 is 4.53. The summed E-state index contributed by atoms with van der Waals surface area (Å²) >= 11 is 0. The highest BCUT2D eigenvalue weighted by Crippen LogP contribution is 2.50. The monoisotopic (exact) mass is 313 g/mol. The van der Waals surface area contributed by atoms with Crippen LogP contribution in [0.25, 0.3) is 33.1 Å². The number of fused-ring (bicyclic) bond motifs is 6. The van der Waals surface area contributed by atoms with Gasteiger partial charge in [-0.2, -0.15) is 0 Å². The van der Waals surface area contributed by atoms with E-state index in [0.717, 1.165) is 0 Å². The third-order valence-electron chi connectivity index (χ3n) is 5.82. The Morgan fingerprint density at radius 3 is 2.50 bits per heavy atom. The molecule has 0 radical (unpaired) electrons. The van der Waals surface area contributed by atoms with E-state index in [2.05, 4.69) is 91.8 Å². The fraction of sp³-hybridized carbons (Fsp3) is 0.227. The molecular formula is C22H21N2+. The molecule has 4 aromatic rings. The number of hydrogen-bond donors (Lipinski definition) is 0. The zero-order chi connectivity index (χ0) is 16.6. The number of pyridine rings is 1. The summed E-state index contributed by atoms with van der Waals surface area (Å²) in [5.41, 5.74) is 8.28. The molecule has 0 saturated heterocycles. The molecule has 0 atom stereocenters. The van der Waals surface area contributed by atoms with E-state index >= 15 is 0 Å². The summed E-state index contributed by atoms with van der Waals surface area (Å²) in [5.74, 6) is 0. The first kappa shape index (κ1) is 13.8. The van der Waals surface area contributed by atoms with Crippen LogP contribution in [0.15, 0.2) is 54.7 Å². The van der Waals surface area contributed by atoms with Crippen LogP contribution >= 0.6 is 0 Å². The minimum absolute atomic E-state index is 0.0543. The summed E-state index contributed by atoms with van der Waals surface area (Å²) in [6, 6.07) is 18.0. The van der Waals surface area contributed by atoms with E-state index in [1.165, 1.54) is 44.2 Å². The van der Waals surface area contributed by atoms with Gasteiger partial charge >= 0.3 is 0 Å². The SMILES string of the molecule is Cn1c2cc3c(cc2c2ccc[n+](C)c21)-c1ccccc1C3(C)C. The Balaban J connectivity index is 1.99. The van der Waals surface area contributed by atoms with Crippen molar-refractivity contribution in [3.8, 4) is 11.1 Å². The Morgan fingerprint density at radius 2 is 1.67 bits per heavy atom. The summed E-state index contributed by atoms with van der Waals surface area (Å²) in [6.07, 6.45) is 2.12. The van der Waals surface area contributed by atoms with Crippen LogP contribution in [0.5, 0.6) is 0 Å². The number of aromatic nitrogens is 2. The first-order valence-corrected chi connectivity index (χ1v) is 8.51. The van der Waals surface area contributed by atoms with Gasteiger partial charge in [-0.1, -0.05) is 38.1 Å². The number of benzene rings is 2. The molecule has 2 heterocycles. The molecule has 2 nitrogen and oxygen atoms in total. The van der Waals surface area contributed by atoms with Gasteiger partial charge in [0.25, 0.3) is 5.65 Å². The van der Waals surface area contributed by atoms with Gasteiger partial charge in [-0.25, -0.2) is 9.13 Å².